The highest BCUT2D eigenvalue weighted by atomic mass is 16.5. The summed E-state index contributed by atoms with van der Waals surface area (Å²) < 4.78 is 5.33. The van der Waals surface area contributed by atoms with Crippen molar-refractivity contribution in [3.63, 3.8) is 0 Å². The Morgan fingerprint density at radius 2 is 2.12 bits per heavy atom. The van der Waals surface area contributed by atoms with Crippen molar-refractivity contribution in [2.75, 3.05) is 25.6 Å². The fourth-order valence-corrected chi connectivity index (χ4v) is 1.57. The zero-order valence-electron chi connectivity index (χ0n) is 9.15. The zero-order chi connectivity index (χ0) is 12.3. The Bertz CT molecular complexity index is 420. The first-order valence-corrected chi connectivity index (χ1v) is 5.24. The van der Waals surface area contributed by atoms with Gasteiger partial charge in [-0.3, -0.25) is 4.99 Å². The summed E-state index contributed by atoms with van der Waals surface area (Å²) in [4.78, 5) is 12.1. The van der Waals surface area contributed by atoms with E-state index in [2.05, 4.69) is 15.0 Å². The Morgan fingerprint density at radius 3 is 2.82 bits per heavy atom. The van der Waals surface area contributed by atoms with Crippen LogP contribution in [-0.2, 0) is 4.74 Å². The van der Waals surface area contributed by atoms with Crippen molar-refractivity contribution in [1.82, 2.24) is 9.97 Å². The van der Waals surface area contributed by atoms with Crippen LogP contribution in [0.5, 0.6) is 0 Å². The topological polar surface area (TPSA) is 114 Å². The first kappa shape index (κ1) is 11.9. The number of aliphatic imine (C=N–C) groups is 1. The van der Waals surface area contributed by atoms with Crippen LogP contribution in [0.4, 0.5) is 11.5 Å². The summed E-state index contributed by atoms with van der Waals surface area (Å²) in [5.74, 6) is 0.227. The van der Waals surface area contributed by atoms with E-state index in [9.17, 15) is 0 Å². The van der Waals surface area contributed by atoms with Gasteiger partial charge in [0, 0.05) is 6.21 Å². The van der Waals surface area contributed by atoms with E-state index >= 15 is 0 Å². The van der Waals surface area contributed by atoms with E-state index in [-0.39, 0.29) is 19.1 Å². The van der Waals surface area contributed by atoms with Crippen LogP contribution < -0.4 is 5.73 Å². The molecule has 0 radical (unpaired) electrons. The summed E-state index contributed by atoms with van der Waals surface area (Å²) >= 11 is 0. The summed E-state index contributed by atoms with van der Waals surface area (Å²) in [6.45, 7) is -0.156. The number of nitrogens with two attached hydrogens (primary N) is 1. The predicted octanol–water partition coefficient (Wildman–Crippen LogP) is -0.772. The maximum Gasteiger partial charge on any atom is 0.153 e. The van der Waals surface area contributed by atoms with Crippen LogP contribution in [0.15, 0.2) is 11.3 Å². The SMILES string of the molecule is Nc1ncnc2c1N=CC2COC(CO)CO. The largest absolute Gasteiger partial charge is 0.394 e. The van der Waals surface area contributed by atoms with E-state index in [1.165, 1.54) is 6.33 Å². The number of ether oxygens (including phenoxy) is 1. The van der Waals surface area contributed by atoms with Gasteiger partial charge in [0.05, 0.1) is 31.4 Å². The summed E-state index contributed by atoms with van der Waals surface area (Å²) in [7, 11) is 0. The van der Waals surface area contributed by atoms with Crippen LogP contribution in [0.2, 0.25) is 0 Å². The standard InChI is InChI=1S/C10H14N4O3/c11-10-9-8(13-5-14-10)6(1-12-9)4-17-7(2-15)3-16/h1,5-7,15-16H,2-4H2,(H2,11,13,14). The Labute approximate surface area is 98.0 Å². The number of anilines is 1. The smallest absolute Gasteiger partial charge is 0.153 e. The molecule has 92 valence electrons. The minimum absolute atomic E-state index is 0.115. The van der Waals surface area contributed by atoms with Crippen LogP contribution in [0.1, 0.15) is 11.6 Å². The van der Waals surface area contributed by atoms with Gasteiger partial charge in [-0.2, -0.15) is 0 Å². The minimum Gasteiger partial charge on any atom is -0.394 e. The molecule has 0 bridgehead atoms. The molecule has 1 aromatic rings. The van der Waals surface area contributed by atoms with E-state index in [0.29, 0.717) is 23.8 Å². The van der Waals surface area contributed by atoms with Gasteiger partial charge < -0.3 is 20.7 Å². The maximum absolute atomic E-state index is 8.88. The van der Waals surface area contributed by atoms with Gasteiger partial charge in [0.1, 0.15) is 18.1 Å². The molecule has 1 aliphatic heterocycles. The molecule has 0 aliphatic carbocycles. The van der Waals surface area contributed by atoms with Crippen molar-refractivity contribution < 1.29 is 14.9 Å². The normalized spacial score (nSPS) is 17.7. The number of aliphatic hydroxyl groups excluding tert-OH is 2. The van der Waals surface area contributed by atoms with Gasteiger partial charge in [-0.1, -0.05) is 0 Å². The fraction of sp³-hybridized carbons (Fsp3) is 0.500. The zero-order valence-corrected chi connectivity index (χ0v) is 9.15. The Hall–Kier alpha value is -1.57. The van der Waals surface area contributed by atoms with Gasteiger partial charge in [-0.15, -0.1) is 0 Å². The van der Waals surface area contributed by atoms with Crippen LogP contribution in [0.3, 0.4) is 0 Å². The molecule has 7 heteroatoms. The third-order valence-electron chi connectivity index (χ3n) is 2.53. The van der Waals surface area contributed by atoms with E-state index < -0.39 is 6.10 Å². The van der Waals surface area contributed by atoms with E-state index in [0.717, 1.165) is 0 Å². The van der Waals surface area contributed by atoms with E-state index in [4.69, 9.17) is 20.7 Å². The van der Waals surface area contributed by atoms with Gasteiger partial charge in [-0.05, 0) is 0 Å². The molecule has 1 unspecified atom stereocenters. The fourth-order valence-electron chi connectivity index (χ4n) is 1.57. The summed E-state index contributed by atoms with van der Waals surface area (Å²) in [5.41, 5.74) is 6.95. The van der Waals surface area contributed by atoms with Crippen molar-refractivity contribution in [1.29, 1.82) is 0 Å². The Morgan fingerprint density at radius 1 is 1.35 bits per heavy atom. The van der Waals surface area contributed by atoms with Crippen LogP contribution in [0, 0.1) is 0 Å². The lowest BCUT2D eigenvalue weighted by atomic mass is 10.1. The average molecular weight is 238 g/mol. The molecule has 2 rings (SSSR count). The molecular weight excluding hydrogens is 224 g/mol. The number of rotatable bonds is 5. The number of fused-ring (bicyclic) bond motifs is 1. The molecule has 0 fully saturated rings. The second-order valence-electron chi connectivity index (χ2n) is 3.70. The molecule has 17 heavy (non-hydrogen) atoms. The lowest BCUT2D eigenvalue weighted by Crippen LogP contribution is -2.24. The monoisotopic (exact) mass is 238 g/mol. The first-order valence-electron chi connectivity index (χ1n) is 5.24. The molecule has 1 atom stereocenters. The molecule has 4 N–H and O–H groups in total. The molecule has 2 heterocycles. The molecule has 1 aliphatic rings. The molecule has 7 nitrogen and oxygen atoms in total. The first-order chi connectivity index (χ1) is 8.26. The Kier molecular flexibility index (Phi) is 3.62. The van der Waals surface area contributed by atoms with Gasteiger partial charge in [0.2, 0.25) is 0 Å². The highest BCUT2D eigenvalue weighted by Crippen LogP contribution is 2.33. The van der Waals surface area contributed by atoms with Gasteiger partial charge in [0.15, 0.2) is 5.82 Å². The average Bonchev–Trinajstić information content (AvgIpc) is 2.75. The van der Waals surface area contributed by atoms with Gasteiger partial charge in [0.25, 0.3) is 0 Å². The van der Waals surface area contributed by atoms with Crippen LogP contribution in [-0.4, -0.2) is 52.3 Å². The number of hydrogen-bond donors (Lipinski definition) is 3. The number of hydrogen-bond acceptors (Lipinski definition) is 7. The predicted molar refractivity (Wildman–Crippen MR) is 61.2 cm³/mol. The van der Waals surface area contributed by atoms with E-state index in [1.807, 2.05) is 0 Å². The number of aromatic nitrogens is 2. The van der Waals surface area contributed by atoms with Gasteiger partial charge >= 0.3 is 0 Å². The lowest BCUT2D eigenvalue weighted by molar-refractivity contribution is -0.0201. The van der Waals surface area contributed by atoms with Crippen LogP contribution >= 0.6 is 0 Å². The van der Waals surface area contributed by atoms with Crippen molar-refractivity contribution in [3.05, 3.63) is 12.0 Å². The number of nitrogen functional groups attached to an aromatic ring is 1. The summed E-state index contributed by atoms with van der Waals surface area (Å²) in [5, 5.41) is 17.8. The molecule has 0 spiro atoms. The Balaban J connectivity index is 2.03. The number of nitrogens with zero attached hydrogens (tertiary/aromatic N) is 3. The third kappa shape index (κ3) is 2.41. The maximum atomic E-state index is 8.88. The third-order valence-corrected chi connectivity index (χ3v) is 2.53. The second kappa shape index (κ2) is 5.17. The molecular formula is C10H14N4O3. The number of aliphatic hydroxyl groups is 2. The summed E-state index contributed by atoms with van der Waals surface area (Å²) in [6.07, 6.45) is 2.49. The molecule has 1 aromatic heterocycles. The minimum atomic E-state index is -0.577. The highest BCUT2D eigenvalue weighted by molar-refractivity contribution is 5.83. The second-order valence-corrected chi connectivity index (χ2v) is 3.70. The van der Waals surface area contributed by atoms with Gasteiger partial charge in [-0.25, -0.2) is 9.97 Å². The van der Waals surface area contributed by atoms with Crippen molar-refractivity contribution in [3.8, 4) is 0 Å². The summed E-state index contributed by atoms with van der Waals surface area (Å²) in [6, 6.07) is 0. The molecule has 0 saturated heterocycles. The van der Waals surface area contributed by atoms with E-state index in [1.54, 1.807) is 6.21 Å². The molecule has 0 amide bonds. The molecule has 0 saturated carbocycles. The van der Waals surface area contributed by atoms with Crippen molar-refractivity contribution in [2.24, 2.45) is 4.99 Å². The quantitative estimate of drug-likeness (QED) is 0.620. The lowest BCUT2D eigenvalue weighted by Gasteiger charge is -2.15. The van der Waals surface area contributed by atoms with Crippen LogP contribution in [0.25, 0.3) is 0 Å². The van der Waals surface area contributed by atoms with Crippen molar-refractivity contribution in [2.45, 2.75) is 12.0 Å². The molecule has 0 aromatic carbocycles. The van der Waals surface area contributed by atoms with Crippen molar-refractivity contribution >= 4 is 17.7 Å². The highest BCUT2D eigenvalue weighted by Gasteiger charge is 2.24.